The van der Waals surface area contributed by atoms with Gasteiger partial charge >= 0.3 is 0 Å². The number of hydrogen-bond acceptors (Lipinski definition) is 1. The standard InChI is InChI=1S/C11H13ClFNO/c1-8(12)11(15)14(2)7-9-3-5-10(13)6-4-9/h3-6,8H,7H2,1-2H3. The first-order valence-corrected chi connectivity index (χ1v) is 5.08. The van der Waals surface area contributed by atoms with Crippen molar-refractivity contribution in [3.8, 4) is 0 Å². The first-order valence-electron chi connectivity index (χ1n) is 4.64. The van der Waals surface area contributed by atoms with Gasteiger partial charge in [-0.2, -0.15) is 0 Å². The number of amides is 1. The fourth-order valence-electron chi connectivity index (χ4n) is 1.25. The van der Waals surface area contributed by atoms with Crippen molar-refractivity contribution in [2.24, 2.45) is 0 Å². The predicted octanol–water partition coefficient (Wildman–Crippen LogP) is 2.41. The zero-order chi connectivity index (χ0) is 11.4. The summed E-state index contributed by atoms with van der Waals surface area (Å²) in [6.07, 6.45) is 0. The van der Waals surface area contributed by atoms with Crippen LogP contribution in [0.2, 0.25) is 0 Å². The Labute approximate surface area is 93.6 Å². The lowest BCUT2D eigenvalue weighted by atomic mass is 10.2. The topological polar surface area (TPSA) is 20.3 Å². The van der Waals surface area contributed by atoms with Crippen LogP contribution in [0.5, 0.6) is 0 Å². The largest absolute Gasteiger partial charge is 0.340 e. The van der Waals surface area contributed by atoms with Gasteiger partial charge in [0.15, 0.2) is 0 Å². The number of benzene rings is 1. The zero-order valence-electron chi connectivity index (χ0n) is 8.71. The van der Waals surface area contributed by atoms with Crippen LogP contribution in [0, 0.1) is 5.82 Å². The van der Waals surface area contributed by atoms with Crippen molar-refractivity contribution in [2.75, 3.05) is 7.05 Å². The van der Waals surface area contributed by atoms with Gasteiger partial charge in [0.05, 0.1) is 0 Å². The Morgan fingerprint density at radius 2 is 2.00 bits per heavy atom. The third-order valence-corrected chi connectivity index (χ3v) is 2.24. The van der Waals surface area contributed by atoms with E-state index in [1.54, 1.807) is 26.1 Å². The zero-order valence-corrected chi connectivity index (χ0v) is 9.46. The van der Waals surface area contributed by atoms with E-state index in [1.807, 2.05) is 0 Å². The molecule has 82 valence electrons. The molecule has 4 heteroatoms. The van der Waals surface area contributed by atoms with E-state index in [0.717, 1.165) is 5.56 Å². The molecular weight excluding hydrogens is 217 g/mol. The fourth-order valence-corrected chi connectivity index (χ4v) is 1.41. The minimum absolute atomic E-state index is 0.138. The average molecular weight is 230 g/mol. The lowest BCUT2D eigenvalue weighted by Gasteiger charge is -2.18. The normalized spacial score (nSPS) is 12.3. The van der Waals surface area contributed by atoms with Gasteiger partial charge in [-0.05, 0) is 24.6 Å². The number of rotatable bonds is 3. The van der Waals surface area contributed by atoms with E-state index in [-0.39, 0.29) is 11.7 Å². The van der Waals surface area contributed by atoms with Crippen molar-refractivity contribution in [2.45, 2.75) is 18.8 Å². The van der Waals surface area contributed by atoms with Crippen LogP contribution >= 0.6 is 11.6 Å². The molecule has 0 aromatic heterocycles. The molecule has 0 aliphatic rings. The summed E-state index contributed by atoms with van der Waals surface area (Å²) in [5, 5.41) is -0.532. The molecule has 0 fully saturated rings. The van der Waals surface area contributed by atoms with E-state index in [9.17, 15) is 9.18 Å². The minimum Gasteiger partial charge on any atom is -0.340 e. The molecule has 1 aromatic rings. The van der Waals surface area contributed by atoms with Gasteiger partial charge in [-0.3, -0.25) is 4.79 Å². The molecule has 0 saturated heterocycles. The molecular formula is C11H13ClFNO. The average Bonchev–Trinajstić information content (AvgIpc) is 2.20. The van der Waals surface area contributed by atoms with Gasteiger partial charge in [0.1, 0.15) is 11.2 Å². The van der Waals surface area contributed by atoms with Crippen LogP contribution < -0.4 is 0 Å². The molecule has 0 N–H and O–H groups in total. The molecule has 1 amide bonds. The number of halogens is 2. The van der Waals surface area contributed by atoms with E-state index in [4.69, 9.17) is 11.6 Å². The van der Waals surface area contributed by atoms with Gasteiger partial charge in [-0.15, -0.1) is 11.6 Å². The summed E-state index contributed by atoms with van der Waals surface area (Å²) in [4.78, 5) is 13.0. The minimum atomic E-state index is -0.532. The molecule has 0 radical (unpaired) electrons. The second-order valence-electron chi connectivity index (χ2n) is 3.44. The maximum atomic E-state index is 12.6. The molecule has 0 bridgehead atoms. The fraction of sp³-hybridized carbons (Fsp3) is 0.364. The highest BCUT2D eigenvalue weighted by molar-refractivity contribution is 6.30. The van der Waals surface area contributed by atoms with Gasteiger partial charge in [0.25, 0.3) is 0 Å². The lowest BCUT2D eigenvalue weighted by Crippen LogP contribution is -2.31. The van der Waals surface area contributed by atoms with E-state index in [1.165, 1.54) is 17.0 Å². The third kappa shape index (κ3) is 3.51. The summed E-state index contributed by atoms with van der Waals surface area (Å²) in [5.74, 6) is -0.417. The summed E-state index contributed by atoms with van der Waals surface area (Å²) in [7, 11) is 1.67. The van der Waals surface area contributed by atoms with Gasteiger partial charge in [-0.25, -0.2) is 4.39 Å². The molecule has 1 rings (SSSR count). The Balaban J connectivity index is 2.62. The van der Waals surface area contributed by atoms with Crippen LogP contribution in [0.25, 0.3) is 0 Å². The van der Waals surface area contributed by atoms with Gasteiger partial charge in [0, 0.05) is 13.6 Å². The van der Waals surface area contributed by atoms with Crippen molar-refractivity contribution in [3.63, 3.8) is 0 Å². The second-order valence-corrected chi connectivity index (χ2v) is 4.09. The van der Waals surface area contributed by atoms with Crippen molar-refractivity contribution in [1.82, 2.24) is 4.90 Å². The molecule has 2 nitrogen and oxygen atoms in total. The third-order valence-electron chi connectivity index (χ3n) is 2.05. The Morgan fingerprint density at radius 3 is 2.47 bits per heavy atom. The van der Waals surface area contributed by atoms with Crippen LogP contribution in [0.3, 0.4) is 0 Å². The molecule has 0 saturated carbocycles. The predicted molar refractivity (Wildman–Crippen MR) is 58.2 cm³/mol. The van der Waals surface area contributed by atoms with E-state index in [0.29, 0.717) is 6.54 Å². The highest BCUT2D eigenvalue weighted by Gasteiger charge is 2.14. The van der Waals surface area contributed by atoms with Crippen molar-refractivity contribution < 1.29 is 9.18 Å². The summed E-state index contributed by atoms with van der Waals surface area (Å²) in [6, 6.07) is 6.05. The quantitative estimate of drug-likeness (QED) is 0.729. The number of alkyl halides is 1. The van der Waals surface area contributed by atoms with E-state index in [2.05, 4.69) is 0 Å². The van der Waals surface area contributed by atoms with E-state index < -0.39 is 5.38 Å². The molecule has 0 aliphatic carbocycles. The summed E-state index contributed by atoms with van der Waals surface area (Å²) >= 11 is 5.66. The number of hydrogen-bond donors (Lipinski definition) is 0. The molecule has 1 atom stereocenters. The number of carbonyl (C=O) groups is 1. The Morgan fingerprint density at radius 1 is 1.47 bits per heavy atom. The van der Waals surface area contributed by atoms with Gasteiger partial charge in [0.2, 0.25) is 5.91 Å². The first kappa shape index (κ1) is 12.0. The van der Waals surface area contributed by atoms with Crippen LogP contribution in [0.4, 0.5) is 4.39 Å². The lowest BCUT2D eigenvalue weighted by molar-refractivity contribution is -0.129. The first-order chi connectivity index (χ1) is 7.00. The molecule has 1 aromatic carbocycles. The number of carbonyl (C=O) groups excluding carboxylic acids is 1. The van der Waals surface area contributed by atoms with Crippen LogP contribution in [-0.4, -0.2) is 23.2 Å². The highest BCUT2D eigenvalue weighted by Crippen LogP contribution is 2.08. The second kappa shape index (κ2) is 5.12. The van der Waals surface area contributed by atoms with Crippen LogP contribution in [-0.2, 0) is 11.3 Å². The molecule has 0 aliphatic heterocycles. The summed E-state index contributed by atoms with van der Waals surface area (Å²) in [6.45, 7) is 2.07. The monoisotopic (exact) mass is 229 g/mol. The van der Waals surface area contributed by atoms with Gasteiger partial charge in [-0.1, -0.05) is 12.1 Å². The number of nitrogens with zero attached hydrogens (tertiary/aromatic N) is 1. The van der Waals surface area contributed by atoms with Crippen molar-refractivity contribution >= 4 is 17.5 Å². The highest BCUT2D eigenvalue weighted by atomic mass is 35.5. The smallest absolute Gasteiger partial charge is 0.240 e. The Kier molecular flexibility index (Phi) is 4.09. The van der Waals surface area contributed by atoms with E-state index >= 15 is 0 Å². The Bertz CT molecular complexity index is 337. The molecule has 0 heterocycles. The Hall–Kier alpha value is -1.09. The maximum Gasteiger partial charge on any atom is 0.240 e. The SMILES string of the molecule is CC(Cl)C(=O)N(C)Cc1ccc(F)cc1. The summed E-state index contributed by atoms with van der Waals surface area (Å²) in [5.41, 5.74) is 0.879. The molecule has 1 unspecified atom stereocenters. The van der Waals surface area contributed by atoms with Crippen LogP contribution in [0.15, 0.2) is 24.3 Å². The summed E-state index contributed by atoms with van der Waals surface area (Å²) < 4.78 is 12.6. The van der Waals surface area contributed by atoms with Gasteiger partial charge < -0.3 is 4.90 Å². The van der Waals surface area contributed by atoms with Crippen molar-refractivity contribution in [3.05, 3.63) is 35.6 Å². The maximum absolute atomic E-state index is 12.6. The van der Waals surface area contributed by atoms with Crippen LogP contribution in [0.1, 0.15) is 12.5 Å². The molecule has 15 heavy (non-hydrogen) atoms. The molecule has 0 spiro atoms. The van der Waals surface area contributed by atoms with Crippen molar-refractivity contribution in [1.29, 1.82) is 0 Å².